The monoisotopic (exact) mass is 416 g/mol. The van der Waals surface area contributed by atoms with Crippen LogP contribution in [0.3, 0.4) is 0 Å². The normalized spacial score (nSPS) is 14.5. The van der Waals surface area contributed by atoms with Crippen molar-refractivity contribution in [2.75, 3.05) is 18.4 Å². The van der Waals surface area contributed by atoms with Gasteiger partial charge in [-0.05, 0) is 62.6 Å². The van der Waals surface area contributed by atoms with Gasteiger partial charge in [0.1, 0.15) is 0 Å². The Hall–Kier alpha value is -3.41. The zero-order valence-electron chi connectivity index (χ0n) is 18.0. The van der Waals surface area contributed by atoms with E-state index in [2.05, 4.69) is 16.5 Å². The van der Waals surface area contributed by atoms with E-state index in [1.165, 1.54) is 0 Å². The predicted molar refractivity (Wildman–Crippen MR) is 121 cm³/mol. The molecule has 31 heavy (non-hydrogen) atoms. The molecule has 2 amide bonds. The zero-order chi connectivity index (χ0) is 21.8. The Morgan fingerprint density at radius 1 is 1.00 bits per heavy atom. The maximum absolute atomic E-state index is 12.9. The van der Waals surface area contributed by atoms with Crippen LogP contribution in [-0.2, 0) is 11.3 Å². The number of piperidine rings is 1. The molecule has 0 saturated carbocycles. The van der Waals surface area contributed by atoms with Crippen molar-refractivity contribution in [2.45, 2.75) is 33.2 Å². The van der Waals surface area contributed by atoms with Gasteiger partial charge in [0.15, 0.2) is 0 Å². The minimum atomic E-state index is -0.0626. The SMILES string of the molecule is Cc1cc(C)n(Cc2ccc(C(=O)N3CCC(C(=O)Nc4ccccc4)CC3)cc2)n1. The van der Waals surface area contributed by atoms with Gasteiger partial charge in [0.25, 0.3) is 5.91 Å². The number of anilines is 1. The van der Waals surface area contributed by atoms with E-state index in [0.717, 1.165) is 22.6 Å². The molecule has 160 valence electrons. The molecule has 4 rings (SSSR count). The van der Waals surface area contributed by atoms with Gasteiger partial charge in [-0.25, -0.2) is 0 Å². The first-order chi connectivity index (χ1) is 15.0. The Morgan fingerprint density at radius 2 is 1.68 bits per heavy atom. The number of nitrogens with zero attached hydrogens (tertiary/aromatic N) is 3. The van der Waals surface area contributed by atoms with E-state index in [4.69, 9.17) is 0 Å². The Balaban J connectivity index is 1.31. The van der Waals surface area contributed by atoms with E-state index >= 15 is 0 Å². The number of aryl methyl sites for hydroxylation is 2. The van der Waals surface area contributed by atoms with Crippen molar-refractivity contribution in [3.63, 3.8) is 0 Å². The summed E-state index contributed by atoms with van der Waals surface area (Å²) in [6.07, 6.45) is 1.36. The summed E-state index contributed by atoms with van der Waals surface area (Å²) >= 11 is 0. The van der Waals surface area contributed by atoms with Crippen molar-refractivity contribution in [3.8, 4) is 0 Å². The van der Waals surface area contributed by atoms with Crippen LogP contribution in [0.1, 0.15) is 40.2 Å². The second kappa shape index (κ2) is 9.16. The van der Waals surface area contributed by atoms with Gasteiger partial charge in [-0.1, -0.05) is 30.3 Å². The molecule has 1 aliphatic rings. The van der Waals surface area contributed by atoms with E-state index in [0.29, 0.717) is 38.0 Å². The standard InChI is InChI=1S/C25H28N4O2/c1-18-16-19(2)29(27-18)17-20-8-10-22(11-9-20)25(31)28-14-12-21(13-15-28)24(30)26-23-6-4-3-5-7-23/h3-11,16,21H,12-15,17H2,1-2H3,(H,26,30). The highest BCUT2D eigenvalue weighted by atomic mass is 16.2. The molecule has 1 aliphatic heterocycles. The summed E-state index contributed by atoms with van der Waals surface area (Å²) in [6.45, 7) is 5.91. The molecule has 2 heterocycles. The number of benzene rings is 2. The maximum atomic E-state index is 12.9. The van der Waals surface area contributed by atoms with Crippen LogP contribution in [-0.4, -0.2) is 39.6 Å². The first-order valence-corrected chi connectivity index (χ1v) is 10.7. The number of carbonyl (C=O) groups is 2. The molecule has 0 aliphatic carbocycles. The number of hydrogen-bond acceptors (Lipinski definition) is 3. The molecule has 1 saturated heterocycles. The summed E-state index contributed by atoms with van der Waals surface area (Å²) in [5.74, 6) is -0.00113. The summed E-state index contributed by atoms with van der Waals surface area (Å²) in [4.78, 5) is 27.3. The summed E-state index contributed by atoms with van der Waals surface area (Å²) < 4.78 is 1.97. The summed E-state index contributed by atoms with van der Waals surface area (Å²) in [5.41, 5.74) is 4.73. The number of hydrogen-bond donors (Lipinski definition) is 1. The largest absolute Gasteiger partial charge is 0.339 e. The van der Waals surface area contributed by atoms with E-state index in [1.54, 1.807) is 0 Å². The van der Waals surface area contributed by atoms with Crippen LogP contribution in [0.2, 0.25) is 0 Å². The van der Waals surface area contributed by atoms with Crippen molar-refractivity contribution < 1.29 is 9.59 Å². The number of carbonyl (C=O) groups excluding carboxylic acids is 2. The van der Waals surface area contributed by atoms with Crippen molar-refractivity contribution in [1.82, 2.24) is 14.7 Å². The average molecular weight is 417 g/mol. The molecular formula is C25H28N4O2. The molecule has 6 nitrogen and oxygen atoms in total. The van der Waals surface area contributed by atoms with E-state index in [9.17, 15) is 9.59 Å². The molecule has 0 unspecified atom stereocenters. The number of likely N-dealkylation sites (tertiary alicyclic amines) is 1. The second-order valence-corrected chi connectivity index (χ2v) is 8.20. The highest BCUT2D eigenvalue weighted by molar-refractivity contribution is 5.95. The van der Waals surface area contributed by atoms with Crippen LogP contribution in [0.5, 0.6) is 0 Å². The van der Waals surface area contributed by atoms with Gasteiger partial charge in [-0.3, -0.25) is 14.3 Å². The van der Waals surface area contributed by atoms with Gasteiger partial charge in [0, 0.05) is 36.0 Å². The maximum Gasteiger partial charge on any atom is 0.253 e. The minimum absolute atomic E-state index is 0.0274. The van der Waals surface area contributed by atoms with Crippen LogP contribution in [0, 0.1) is 19.8 Å². The van der Waals surface area contributed by atoms with Gasteiger partial charge < -0.3 is 10.2 Å². The van der Waals surface area contributed by atoms with Crippen molar-refractivity contribution in [3.05, 3.63) is 83.2 Å². The number of para-hydroxylation sites is 1. The quantitative estimate of drug-likeness (QED) is 0.683. The minimum Gasteiger partial charge on any atom is -0.339 e. The fourth-order valence-corrected chi connectivity index (χ4v) is 4.05. The molecule has 0 spiro atoms. The highest BCUT2D eigenvalue weighted by Gasteiger charge is 2.27. The Bertz CT molecular complexity index is 1050. The second-order valence-electron chi connectivity index (χ2n) is 8.20. The van der Waals surface area contributed by atoms with Gasteiger partial charge in [-0.15, -0.1) is 0 Å². The van der Waals surface area contributed by atoms with Gasteiger partial charge >= 0.3 is 0 Å². The molecule has 1 N–H and O–H groups in total. The molecule has 6 heteroatoms. The number of amides is 2. The fraction of sp³-hybridized carbons (Fsp3) is 0.320. The van der Waals surface area contributed by atoms with Crippen molar-refractivity contribution >= 4 is 17.5 Å². The van der Waals surface area contributed by atoms with Gasteiger partial charge in [0.05, 0.1) is 12.2 Å². The van der Waals surface area contributed by atoms with E-state index in [1.807, 2.05) is 78.0 Å². The van der Waals surface area contributed by atoms with Crippen LogP contribution >= 0.6 is 0 Å². The highest BCUT2D eigenvalue weighted by Crippen LogP contribution is 2.21. The van der Waals surface area contributed by atoms with E-state index < -0.39 is 0 Å². The lowest BCUT2D eigenvalue weighted by molar-refractivity contribution is -0.121. The molecule has 2 aromatic carbocycles. The first kappa shape index (κ1) is 20.8. The fourth-order valence-electron chi connectivity index (χ4n) is 4.05. The van der Waals surface area contributed by atoms with Crippen LogP contribution in [0.15, 0.2) is 60.7 Å². The number of nitrogens with one attached hydrogen (secondary N) is 1. The van der Waals surface area contributed by atoms with Gasteiger partial charge in [0.2, 0.25) is 5.91 Å². The van der Waals surface area contributed by atoms with Gasteiger partial charge in [-0.2, -0.15) is 5.10 Å². The van der Waals surface area contributed by atoms with Crippen LogP contribution < -0.4 is 5.32 Å². The lowest BCUT2D eigenvalue weighted by Crippen LogP contribution is -2.41. The number of rotatable bonds is 5. The molecule has 1 aromatic heterocycles. The molecular weight excluding hydrogens is 388 g/mol. The first-order valence-electron chi connectivity index (χ1n) is 10.7. The van der Waals surface area contributed by atoms with Crippen molar-refractivity contribution in [1.29, 1.82) is 0 Å². The topological polar surface area (TPSA) is 67.2 Å². The lowest BCUT2D eigenvalue weighted by Gasteiger charge is -2.31. The third kappa shape index (κ3) is 5.02. The Labute approximate surface area is 182 Å². The summed E-state index contributed by atoms with van der Waals surface area (Å²) in [5, 5.41) is 7.46. The molecule has 0 bridgehead atoms. The van der Waals surface area contributed by atoms with Crippen molar-refractivity contribution in [2.24, 2.45) is 5.92 Å². The molecule has 1 fully saturated rings. The zero-order valence-corrected chi connectivity index (χ0v) is 18.0. The predicted octanol–water partition coefficient (Wildman–Crippen LogP) is 4.04. The smallest absolute Gasteiger partial charge is 0.253 e. The molecule has 3 aromatic rings. The Kier molecular flexibility index (Phi) is 6.16. The average Bonchev–Trinajstić information content (AvgIpc) is 3.11. The van der Waals surface area contributed by atoms with Crippen LogP contribution in [0.4, 0.5) is 5.69 Å². The third-order valence-electron chi connectivity index (χ3n) is 5.83. The summed E-state index contributed by atoms with van der Waals surface area (Å²) in [6, 6.07) is 19.3. The number of aromatic nitrogens is 2. The Morgan fingerprint density at radius 3 is 2.29 bits per heavy atom. The summed E-state index contributed by atoms with van der Waals surface area (Å²) in [7, 11) is 0. The van der Waals surface area contributed by atoms with E-state index in [-0.39, 0.29) is 17.7 Å². The molecule has 0 atom stereocenters. The lowest BCUT2D eigenvalue weighted by atomic mass is 9.95. The van der Waals surface area contributed by atoms with Crippen LogP contribution in [0.25, 0.3) is 0 Å². The third-order valence-corrected chi connectivity index (χ3v) is 5.83. The molecule has 0 radical (unpaired) electrons.